The van der Waals surface area contributed by atoms with Crippen LogP contribution in [0.15, 0.2) is 24.5 Å². The Labute approximate surface area is 94.8 Å². The number of pyridine rings is 1. The quantitative estimate of drug-likeness (QED) is 0.595. The summed E-state index contributed by atoms with van der Waals surface area (Å²) >= 11 is 2.03. The van der Waals surface area contributed by atoms with Gasteiger partial charge in [-0.3, -0.25) is 16.3 Å². The minimum atomic E-state index is 0.393. The fourth-order valence-electron chi connectivity index (χ4n) is 2.00. The Hall–Kier alpha value is -0.580. The van der Waals surface area contributed by atoms with Gasteiger partial charge in [0.2, 0.25) is 0 Å². The van der Waals surface area contributed by atoms with Crippen LogP contribution in [-0.2, 0) is 6.42 Å². The van der Waals surface area contributed by atoms with Gasteiger partial charge in [0.15, 0.2) is 0 Å². The monoisotopic (exact) mass is 223 g/mol. The molecule has 0 saturated carbocycles. The van der Waals surface area contributed by atoms with E-state index < -0.39 is 0 Å². The molecule has 2 unspecified atom stereocenters. The number of hydrogen-bond acceptors (Lipinski definition) is 4. The fraction of sp³-hybridized carbons (Fsp3) is 0.545. The molecule has 0 radical (unpaired) electrons. The molecule has 4 heteroatoms. The molecule has 0 aliphatic carbocycles. The van der Waals surface area contributed by atoms with Crippen LogP contribution in [0.3, 0.4) is 0 Å². The zero-order valence-electron chi connectivity index (χ0n) is 8.73. The Bertz CT molecular complexity index is 285. The third-order valence-corrected chi connectivity index (χ3v) is 4.11. The van der Waals surface area contributed by atoms with E-state index in [0.29, 0.717) is 12.0 Å². The first-order valence-electron chi connectivity index (χ1n) is 5.33. The van der Waals surface area contributed by atoms with Crippen LogP contribution in [-0.4, -0.2) is 22.5 Å². The molecule has 1 aliphatic rings. The van der Waals surface area contributed by atoms with Crippen molar-refractivity contribution in [2.24, 2.45) is 11.8 Å². The minimum Gasteiger partial charge on any atom is -0.271 e. The van der Waals surface area contributed by atoms with Crippen LogP contribution in [0.5, 0.6) is 0 Å². The van der Waals surface area contributed by atoms with Crippen LogP contribution in [0, 0.1) is 5.92 Å². The van der Waals surface area contributed by atoms with E-state index in [2.05, 4.69) is 16.5 Å². The number of hydrazine groups is 1. The molecule has 3 N–H and O–H groups in total. The summed E-state index contributed by atoms with van der Waals surface area (Å²) in [6.07, 6.45) is 5.99. The van der Waals surface area contributed by atoms with Gasteiger partial charge in [-0.2, -0.15) is 11.8 Å². The topological polar surface area (TPSA) is 50.9 Å². The molecule has 0 spiro atoms. The molecule has 0 amide bonds. The van der Waals surface area contributed by atoms with Gasteiger partial charge in [0.25, 0.3) is 0 Å². The number of aromatic nitrogens is 1. The van der Waals surface area contributed by atoms with Crippen molar-refractivity contribution in [1.82, 2.24) is 10.4 Å². The summed E-state index contributed by atoms with van der Waals surface area (Å²) in [6, 6.07) is 4.48. The molecule has 0 aromatic carbocycles. The maximum Gasteiger partial charge on any atom is 0.0300 e. The van der Waals surface area contributed by atoms with Crippen LogP contribution in [0.25, 0.3) is 0 Å². The lowest BCUT2D eigenvalue weighted by molar-refractivity contribution is 0.386. The van der Waals surface area contributed by atoms with Crippen molar-refractivity contribution in [3.05, 3.63) is 30.1 Å². The highest BCUT2D eigenvalue weighted by molar-refractivity contribution is 7.99. The molecule has 2 rings (SSSR count). The van der Waals surface area contributed by atoms with Gasteiger partial charge >= 0.3 is 0 Å². The predicted octanol–water partition coefficient (Wildman–Crippen LogP) is 1.21. The lowest BCUT2D eigenvalue weighted by Gasteiger charge is -2.21. The van der Waals surface area contributed by atoms with Crippen LogP contribution >= 0.6 is 11.8 Å². The highest BCUT2D eigenvalue weighted by atomic mass is 32.2. The first kappa shape index (κ1) is 10.9. The summed E-state index contributed by atoms with van der Waals surface area (Å²) in [5.41, 5.74) is 4.21. The SMILES string of the molecule is NNC(Cc1cccnc1)C1CCSC1. The molecular formula is C11H17N3S. The molecule has 1 aliphatic heterocycles. The number of nitrogens with one attached hydrogen (secondary N) is 1. The largest absolute Gasteiger partial charge is 0.271 e. The number of nitrogens with two attached hydrogens (primary N) is 1. The number of thioether (sulfide) groups is 1. The average molecular weight is 223 g/mol. The van der Waals surface area contributed by atoms with Gasteiger partial charge in [0, 0.05) is 18.4 Å². The van der Waals surface area contributed by atoms with Crippen molar-refractivity contribution < 1.29 is 0 Å². The molecule has 3 nitrogen and oxygen atoms in total. The second-order valence-electron chi connectivity index (χ2n) is 3.96. The van der Waals surface area contributed by atoms with Crippen molar-refractivity contribution in [3.8, 4) is 0 Å². The van der Waals surface area contributed by atoms with E-state index in [9.17, 15) is 0 Å². The lowest BCUT2D eigenvalue weighted by atomic mass is 9.94. The Balaban J connectivity index is 1.96. The van der Waals surface area contributed by atoms with Gasteiger partial charge in [-0.25, -0.2) is 0 Å². The number of rotatable bonds is 4. The zero-order valence-corrected chi connectivity index (χ0v) is 9.54. The Morgan fingerprint density at radius 2 is 2.60 bits per heavy atom. The first-order chi connectivity index (χ1) is 7.40. The number of hydrogen-bond donors (Lipinski definition) is 2. The van der Waals surface area contributed by atoms with E-state index in [1.807, 2.05) is 24.0 Å². The zero-order chi connectivity index (χ0) is 10.5. The van der Waals surface area contributed by atoms with Crippen LogP contribution in [0.4, 0.5) is 0 Å². The van der Waals surface area contributed by atoms with Crippen molar-refractivity contribution in [3.63, 3.8) is 0 Å². The molecule has 1 fully saturated rings. The Morgan fingerprint density at radius 3 is 3.20 bits per heavy atom. The molecule has 2 heterocycles. The predicted molar refractivity (Wildman–Crippen MR) is 64.5 cm³/mol. The highest BCUT2D eigenvalue weighted by Crippen LogP contribution is 2.27. The summed E-state index contributed by atoms with van der Waals surface area (Å²) < 4.78 is 0. The molecule has 2 atom stereocenters. The lowest BCUT2D eigenvalue weighted by Crippen LogP contribution is -2.42. The standard InChI is InChI=1S/C11H17N3S/c12-14-11(10-3-5-15-8-10)6-9-2-1-4-13-7-9/h1-2,4,7,10-11,14H,3,5-6,8,12H2. The van der Waals surface area contributed by atoms with Crippen LogP contribution in [0.1, 0.15) is 12.0 Å². The van der Waals surface area contributed by atoms with Gasteiger partial charge in [0.05, 0.1) is 0 Å². The fourth-order valence-corrected chi connectivity index (χ4v) is 3.34. The minimum absolute atomic E-state index is 0.393. The molecule has 1 aromatic heterocycles. The molecule has 0 bridgehead atoms. The third kappa shape index (κ3) is 2.93. The van der Waals surface area contributed by atoms with Gasteiger partial charge in [0.1, 0.15) is 0 Å². The van der Waals surface area contributed by atoms with E-state index in [0.717, 1.165) is 6.42 Å². The Kier molecular flexibility index (Phi) is 4.00. The van der Waals surface area contributed by atoms with E-state index >= 15 is 0 Å². The molecule has 1 saturated heterocycles. The van der Waals surface area contributed by atoms with Crippen molar-refractivity contribution in [2.45, 2.75) is 18.9 Å². The summed E-state index contributed by atoms with van der Waals surface area (Å²) in [6.45, 7) is 0. The maximum absolute atomic E-state index is 5.62. The van der Waals surface area contributed by atoms with E-state index in [4.69, 9.17) is 5.84 Å². The van der Waals surface area contributed by atoms with Crippen molar-refractivity contribution >= 4 is 11.8 Å². The summed E-state index contributed by atoms with van der Waals surface area (Å²) in [5.74, 6) is 8.83. The normalized spacial score (nSPS) is 22.9. The average Bonchev–Trinajstić information content (AvgIpc) is 2.81. The van der Waals surface area contributed by atoms with E-state index in [1.165, 1.54) is 23.5 Å². The van der Waals surface area contributed by atoms with Gasteiger partial charge in [-0.1, -0.05) is 6.07 Å². The number of nitrogens with zero attached hydrogens (tertiary/aromatic N) is 1. The third-order valence-electron chi connectivity index (χ3n) is 2.93. The summed E-state index contributed by atoms with van der Waals surface area (Å²) in [4.78, 5) is 4.12. The maximum atomic E-state index is 5.62. The first-order valence-corrected chi connectivity index (χ1v) is 6.48. The smallest absolute Gasteiger partial charge is 0.0300 e. The summed E-state index contributed by atoms with van der Waals surface area (Å²) in [7, 11) is 0. The second kappa shape index (κ2) is 5.49. The molecular weight excluding hydrogens is 206 g/mol. The second-order valence-corrected chi connectivity index (χ2v) is 5.11. The van der Waals surface area contributed by atoms with Crippen molar-refractivity contribution in [2.75, 3.05) is 11.5 Å². The van der Waals surface area contributed by atoms with Crippen LogP contribution < -0.4 is 11.3 Å². The molecule has 15 heavy (non-hydrogen) atoms. The Morgan fingerprint density at radius 1 is 1.67 bits per heavy atom. The summed E-state index contributed by atoms with van der Waals surface area (Å²) in [5, 5.41) is 0. The van der Waals surface area contributed by atoms with Gasteiger partial charge in [-0.05, 0) is 41.9 Å². The van der Waals surface area contributed by atoms with Crippen LogP contribution in [0.2, 0.25) is 0 Å². The van der Waals surface area contributed by atoms with E-state index in [1.54, 1.807) is 6.20 Å². The highest BCUT2D eigenvalue weighted by Gasteiger charge is 2.24. The molecule has 1 aromatic rings. The molecule has 82 valence electrons. The van der Waals surface area contributed by atoms with Gasteiger partial charge in [-0.15, -0.1) is 0 Å². The van der Waals surface area contributed by atoms with Gasteiger partial charge < -0.3 is 0 Å². The van der Waals surface area contributed by atoms with Crippen molar-refractivity contribution in [1.29, 1.82) is 0 Å². The van der Waals surface area contributed by atoms with E-state index in [-0.39, 0.29) is 0 Å².